The van der Waals surface area contributed by atoms with Crippen molar-refractivity contribution in [3.63, 3.8) is 0 Å². The standard InChI is InChI=1S/C18H24N4O2.2C2HF3O2/c1-14-3-4-17(21-20-14)19-16-9-18(24-12-16)6-2-7-22(13-18)10-15-5-8-23-11-15;2*3-2(4,5)1(6)7/h3-5,8,11,16H,2,6-7,9-10,12-13H2,1H3,(H,19,21);2*(H,6,7). The Bertz CT molecular complexity index is 1010. The number of aliphatic carboxylic acids is 2. The largest absolute Gasteiger partial charge is 0.490 e. The number of carboxylic acid groups (broad SMARTS) is 2. The number of aryl methyl sites for hydroxylation is 1. The van der Waals surface area contributed by atoms with Gasteiger partial charge in [-0.3, -0.25) is 4.90 Å². The average Bonchev–Trinajstić information content (AvgIpc) is 3.45. The van der Waals surface area contributed by atoms with Gasteiger partial charge in [0.15, 0.2) is 0 Å². The molecule has 0 amide bonds. The number of likely N-dealkylation sites (tertiary alicyclic amines) is 1. The Morgan fingerprint density at radius 3 is 2.24 bits per heavy atom. The number of hydrogen-bond acceptors (Lipinski definition) is 8. The number of carbonyl (C=O) groups is 2. The molecule has 3 N–H and O–H groups in total. The van der Waals surface area contributed by atoms with Gasteiger partial charge in [0.25, 0.3) is 0 Å². The molecule has 2 atom stereocenters. The summed E-state index contributed by atoms with van der Waals surface area (Å²) in [5, 5.41) is 26.0. The lowest BCUT2D eigenvalue weighted by Crippen LogP contribution is -2.47. The first kappa shape index (κ1) is 30.8. The van der Waals surface area contributed by atoms with Crippen LogP contribution in [-0.4, -0.2) is 80.9 Å². The summed E-state index contributed by atoms with van der Waals surface area (Å²) in [6, 6.07) is 6.31. The highest BCUT2D eigenvalue weighted by Crippen LogP contribution is 2.36. The van der Waals surface area contributed by atoms with Crippen molar-refractivity contribution >= 4 is 17.8 Å². The highest BCUT2D eigenvalue weighted by Gasteiger charge is 2.43. The number of alkyl halides is 6. The van der Waals surface area contributed by atoms with Crippen LogP contribution >= 0.6 is 0 Å². The predicted octanol–water partition coefficient (Wildman–Crippen LogP) is 3.88. The molecule has 0 saturated carbocycles. The second-order valence-electron chi connectivity index (χ2n) is 8.65. The molecule has 2 aromatic rings. The zero-order chi connectivity index (χ0) is 28.6. The average molecular weight is 556 g/mol. The molecule has 212 valence electrons. The van der Waals surface area contributed by atoms with Crippen LogP contribution in [0, 0.1) is 6.92 Å². The van der Waals surface area contributed by atoms with Crippen LogP contribution in [0.15, 0.2) is 35.1 Å². The third-order valence-corrected chi connectivity index (χ3v) is 5.45. The molecule has 10 nitrogen and oxygen atoms in total. The fourth-order valence-electron chi connectivity index (χ4n) is 3.87. The molecule has 0 aliphatic carbocycles. The number of anilines is 1. The van der Waals surface area contributed by atoms with Crippen molar-refractivity contribution < 1.29 is 55.3 Å². The topological polar surface area (TPSA) is 138 Å². The van der Waals surface area contributed by atoms with Crippen LogP contribution in [0.5, 0.6) is 0 Å². The van der Waals surface area contributed by atoms with Crippen molar-refractivity contribution in [2.75, 3.05) is 25.0 Å². The molecule has 0 bridgehead atoms. The Balaban J connectivity index is 0.000000301. The normalized spacial score (nSPS) is 21.6. The van der Waals surface area contributed by atoms with E-state index in [0.29, 0.717) is 6.04 Å². The summed E-state index contributed by atoms with van der Waals surface area (Å²) in [6.45, 7) is 5.72. The van der Waals surface area contributed by atoms with E-state index in [1.807, 2.05) is 31.4 Å². The summed E-state index contributed by atoms with van der Waals surface area (Å²) in [4.78, 5) is 20.3. The molecule has 0 aromatic carbocycles. The minimum atomic E-state index is -5.08. The van der Waals surface area contributed by atoms with Gasteiger partial charge in [0.1, 0.15) is 5.82 Å². The van der Waals surface area contributed by atoms with Crippen LogP contribution in [0.3, 0.4) is 0 Å². The third-order valence-electron chi connectivity index (χ3n) is 5.45. The first-order chi connectivity index (χ1) is 17.6. The Morgan fingerprint density at radius 2 is 1.74 bits per heavy atom. The molecular formula is C22H26F6N4O6. The smallest absolute Gasteiger partial charge is 0.475 e. The number of piperidine rings is 1. The predicted molar refractivity (Wildman–Crippen MR) is 118 cm³/mol. The van der Waals surface area contributed by atoms with Gasteiger partial charge in [-0.1, -0.05) is 0 Å². The first-order valence-corrected chi connectivity index (χ1v) is 11.1. The van der Waals surface area contributed by atoms with Gasteiger partial charge in [-0.05, 0) is 44.5 Å². The lowest BCUT2D eigenvalue weighted by atomic mass is 9.88. The van der Waals surface area contributed by atoms with Gasteiger partial charge in [-0.15, -0.1) is 5.10 Å². The summed E-state index contributed by atoms with van der Waals surface area (Å²) < 4.78 is 74.9. The van der Waals surface area contributed by atoms with Gasteiger partial charge < -0.3 is 24.7 Å². The quantitative estimate of drug-likeness (QED) is 0.476. The van der Waals surface area contributed by atoms with Crippen LogP contribution < -0.4 is 5.32 Å². The summed E-state index contributed by atoms with van der Waals surface area (Å²) in [5.41, 5.74) is 2.13. The number of furan rings is 1. The fraction of sp³-hybridized carbons (Fsp3) is 0.545. The van der Waals surface area contributed by atoms with E-state index in [1.165, 1.54) is 12.0 Å². The van der Waals surface area contributed by atoms with E-state index in [-0.39, 0.29) is 5.60 Å². The molecular weight excluding hydrogens is 530 g/mol. The van der Waals surface area contributed by atoms with E-state index >= 15 is 0 Å². The van der Waals surface area contributed by atoms with E-state index in [2.05, 4.69) is 20.4 Å². The van der Waals surface area contributed by atoms with Crippen molar-refractivity contribution in [2.45, 2.75) is 56.7 Å². The van der Waals surface area contributed by atoms with Crippen molar-refractivity contribution in [3.8, 4) is 0 Å². The Morgan fingerprint density at radius 1 is 1.11 bits per heavy atom. The lowest BCUT2D eigenvalue weighted by Gasteiger charge is -2.39. The summed E-state index contributed by atoms with van der Waals surface area (Å²) in [6.07, 6.45) is -3.27. The molecule has 2 aromatic heterocycles. The molecule has 2 aliphatic rings. The van der Waals surface area contributed by atoms with Gasteiger partial charge >= 0.3 is 24.3 Å². The Hall–Kier alpha value is -3.40. The van der Waals surface area contributed by atoms with E-state index in [9.17, 15) is 26.3 Å². The van der Waals surface area contributed by atoms with Crippen molar-refractivity contribution in [1.29, 1.82) is 0 Å². The number of nitrogens with one attached hydrogen (secondary N) is 1. The summed E-state index contributed by atoms with van der Waals surface area (Å²) in [5.74, 6) is -4.68. The number of aromatic nitrogens is 2. The molecule has 4 heterocycles. The fourth-order valence-corrected chi connectivity index (χ4v) is 3.87. The number of hydrogen-bond donors (Lipinski definition) is 3. The molecule has 2 aliphatic heterocycles. The third kappa shape index (κ3) is 10.2. The molecule has 4 rings (SSSR count). The maximum Gasteiger partial charge on any atom is 0.490 e. The Labute approximate surface area is 212 Å². The molecule has 38 heavy (non-hydrogen) atoms. The minimum Gasteiger partial charge on any atom is -0.475 e. The van der Waals surface area contributed by atoms with E-state index in [4.69, 9.17) is 29.0 Å². The van der Waals surface area contributed by atoms with Crippen LogP contribution in [0.2, 0.25) is 0 Å². The van der Waals surface area contributed by atoms with Crippen molar-refractivity contribution in [1.82, 2.24) is 15.1 Å². The minimum absolute atomic E-state index is 0.0300. The van der Waals surface area contributed by atoms with Crippen molar-refractivity contribution in [3.05, 3.63) is 42.0 Å². The van der Waals surface area contributed by atoms with Gasteiger partial charge in [0.05, 0.1) is 36.5 Å². The maximum atomic E-state index is 10.6. The number of halogens is 6. The highest BCUT2D eigenvalue weighted by molar-refractivity contribution is 5.73. The summed E-state index contributed by atoms with van der Waals surface area (Å²) in [7, 11) is 0. The van der Waals surface area contributed by atoms with Gasteiger partial charge in [-0.2, -0.15) is 31.4 Å². The van der Waals surface area contributed by atoms with Crippen LogP contribution in [0.1, 0.15) is 30.5 Å². The number of ether oxygens (including phenoxy) is 1. The van der Waals surface area contributed by atoms with Gasteiger partial charge in [-0.25, -0.2) is 9.59 Å². The summed E-state index contributed by atoms with van der Waals surface area (Å²) >= 11 is 0. The monoisotopic (exact) mass is 556 g/mol. The van der Waals surface area contributed by atoms with Gasteiger partial charge in [0.2, 0.25) is 0 Å². The van der Waals surface area contributed by atoms with Gasteiger partial charge in [0, 0.05) is 25.1 Å². The highest BCUT2D eigenvalue weighted by atomic mass is 19.4. The van der Waals surface area contributed by atoms with Crippen LogP contribution in [0.25, 0.3) is 0 Å². The van der Waals surface area contributed by atoms with E-state index < -0.39 is 24.3 Å². The van der Waals surface area contributed by atoms with Crippen LogP contribution in [-0.2, 0) is 20.9 Å². The zero-order valence-electron chi connectivity index (χ0n) is 20.1. The van der Waals surface area contributed by atoms with E-state index in [1.54, 1.807) is 6.26 Å². The first-order valence-electron chi connectivity index (χ1n) is 11.1. The van der Waals surface area contributed by atoms with E-state index in [0.717, 1.165) is 50.6 Å². The second-order valence-corrected chi connectivity index (χ2v) is 8.65. The molecule has 2 saturated heterocycles. The SMILES string of the molecule is Cc1ccc(NC2COC3(CCCN(Cc4ccoc4)C3)C2)nn1.O=C(O)C(F)(F)F.O=C(O)C(F)(F)F. The number of nitrogens with zero attached hydrogens (tertiary/aromatic N) is 3. The molecule has 16 heteroatoms. The van der Waals surface area contributed by atoms with Crippen molar-refractivity contribution in [2.24, 2.45) is 0 Å². The zero-order valence-corrected chi connectivity index (χ0v) is 20.1. The van der Waals surface area contributed by atoms with Crippen LogP contribution in [0.4, 0.5) is 32.2 Å². The molecule has 1 spiro atoms. The number of carboxylic acids is 2. The molecule has 2 unspecified atom stereocenters. The second kappa shape index (κ2) is 12.9. The Kier molecular flexibility index (Phi) is 10.5. The maximum absolute atomic E-state index is 10.6. The lowest BCUT2D eigenvalue weighted by molar-refractivity contribution is -0.193. The molecule has 0 radical (unpaired) electrons. The number of rotatable bonds is 4. The molecule has 2 fully saturated rings.